The molecule has 1 fully saturated rings. The van der Waals surface area contributed by atoms with Crippen molar-refractivity contribution in [2.24, 2.45) is 0 Å². The molecule has 2 atom stereocenters. The number of nitrogens with one attached hydrogen (secondary N) is 1. The fraction of sp³-hybridized carbons (Fsp3) is 0.800. The molecule has 0 saturated carbocycles. The number of ether oxygens (including phenoxy) is 2. The smallest absolute Gasteiger partial charge is 0.390 e. The highest BCUT2D eigenvalue weighted by Crippen LogP contribution is 2.19. The van der Waals surface area contributed by atoms with Crippen molar-refractivity contribution >= 4 is 26.2 Å². The molecule has 0 amide bonds. The molecule has 19 heteroatoms. The van der Waals surface area contributed by atoms with Crippen LogP contribution >= 0.6 is 0 Å². The molecule has 0 aromatic carbocycles. The Morgan fingerprint density at radius 1 is 1.25 bits per heavy atom. The van der Waals surface area contributed by atoms with Crippen molar-refractivity contribution in [2.45, 2.75) is 103 Å². The summed E-state index contributed by atoms with van der Waals surface area (Å²) < 4.78 is 70.8. The first kappa shape index (κ1) is 37.6. The summed E-state index contributed by atoms with van der Waals surface area (Å²) >= 11 is 0. The van der Waals surface area contributed by atoms with E-state index in [9.17, 15) is 26.9 Å². The van der Waals surface area contributed by atoms with Crippen LogP contribution in [0.5, 0.6) is 0 Å². The van der Waals surface area contributed by atoms with Gasteiger partial charge in [-0.3, -0.25) is 13.4 Å². The van der Waals surface area contributed by atoms with Crippen LogP contribution in [0.2, 0.25) is 0 Å². The third-order valence-electron chi connectivity index (χ3n) is 7.05. The van der Waals surface area contributed by atoms with E-state index in [4.69, 9.17) is 18.2 Å². The maximum atomic E-state index is 12.6. The zero-order valence-corrected chi connectivity index (χ0v) is 27.3. The van der Waals surface area contributed by atoms with E-state index in [1.807, 2.05) is 6.20 Å². The van der Waals surface area contributed by atoms with E-state index in [2.05, 4.69) is 41.4 Å². The molecule has 0 aliphatic carbocycles. The Labute approximate surface area is 258 Å². The summed E-state index contributed by atoms with van der Waals surface area (Å²) in [6.07, 6.45) is 9.54. The lowest BCUT2D eigenvalue weighted by Crippen LogP contribution is -2.40. The van der Waals surface area contributed by atoms with Crippen molar-refractivity contribution < 1.29 is 40.0 Å². The zero-order chi connectivity index (χ0) is 32.8. The number of hydrogen-bond donors (Lipinski definition) is 2. The third kappa shape index (κ3) is 15.0. The Morgan fingerprint density at radius 2 is 1.95 bits per heavy atom. The Balaban J connectivity index is 0.00000125. The van der Waals surface area contributed by atoms with Crippen LogP contribution in [-0.2, 0) is 53.5 Å². The van der Waals surface area contributed by atoms with Crippen molar-refractivity contribution in [3.63, 3.8) is 0 Å². The average molecular weight is 668 g/mol. The number of aromatic nitrogens is 5. The second kappa shape index (κ2) is 17.8. The van der Waals surface area contributed by atoms with Crippen LogP contribution in [0.1, 0.15) is 71.4 Å². The first-order valence-electron chi connectivity index (χ1n) is 14.5. The first-order valence-corrected chi connectivity index (χ1v) is 17.9. The van der Waals surface area contributed by atoms with Gasteiger partial charge in [0.05, 0.1) is 24.3 Å². The van der Waals surface area contributed by atoms with E-state index < -0.39 is 37.6 Å². The van der Waals surface area contributed by atoms with Crippen molar-refractivity contribution in [1.82, 2.24) is 29.9 Å². The minimum atomic E-state index is -3.84. The quantitative estimate of drug-likeness (QED) is 0.0766. The number of hydrogen-bond acceptors (Lipinski definition) is 13. The van der Waals surface area contributed by atoms with Crippen molar-refractivity contribution in [2.75, 3.05) is 25.2 Å². The summed E-state index contributed by atoms with van der Waals surface area (Å²) in [4.78, 5) is 14.4. The summed E-state index contributed by atoms with van der Waals surface area (Å²) in [5.74, 6) is -0.521. The van der Waals surface area contributed by atoms with Crippen LogP contribution in [0.15, 0.2) is 18.6 Å². The summed E-state index contributed by atoms with van der Waals surface area (Å²) in [5, 5.41) is 23.1. The van der Waals surface area contributed by atoms with Gasteiger partial charge in [-0.1, -0.05) is 24.0 Å². The van der Waals surface area contributed by atoms with Gasteiger partial charge in [0, 0.05) is 31.4 Å². The SMILES string of the molecule is CCC(C)(CC)NCc1cn(CCCCS(=O)(=O)OCC(Cn2ccnc2[N+](=O)[O-])OC2CCCCO2)nn1.CS(=O)(=O)O. The standard InChI is InChI=1S/C24H41N7O7S.CH4O3S/c1-4-24(3,5-2)26-16-20-17-30(28-27-20)12-7-9-15-39(34,35)37-19-21(38-22-10-6-8-14-36-22)18-29-13-11-25-23(29)31(32)33;1-5(2,3)4/h11,13,17,21-22,26H,4-10,12,14-16,18-19H2,1-3H3;1H3,(H,2,3,4). The van der Waals surface area contributed by atoms with Crippen LogP contribution in [0.3, 0.4) is 0 Å². The minimum absolute atomic E-state index is 0.00481. The molecule has 0 bridgehead atoms. The number of rotatable bonds is 18. The highest BCUT2D eigenvalue weighted by atomic mass is 32.2. The molecular formula is C25H45N7O10S2. The highest BCUT2D eigenvalue weighted by Gasteiger charge is 2.26. The Kier molecular flexibility index (Phi) is 15.2. The maximum absolute atomic E-state index is 12.6. The molecule has 44 heavy (non-hydrogen) atoms. The van der Waals surface area contributed by atoms with Crippen LogP contribution in [0.4, 0.5) is 5.95 Å². The fourth-order valence-electron chi connectivity index (χ4n) is 4.13. The molecule has 2 aromatic rings. The summed E-state index contributed by atoms with van der Waals surface area (Å²) in [6.45, 7) is 7.90. The average Bonchev–Trinajstić information content (AvgIpc) is 3.62. The first-order chi connectivity index (χ1) is 20.6. The van der Waals surface area contributed by atoms with Gasteiger partial charge in [0.25, 0.3) is 20.2 Å². The predicted molar refractivity (Wildman–Crippen MR) is 160 cm³/mol. The lowest BCUT2D eigenvalue weighted by Gasteiger charge is -2.27. The predicted octanol–water partition coefficient (Wildman–Crippen LogP) is 2.29. The van der Waals surface area contributed by atoms with Crippen LogP contribution in [-0.4, -0.2) is 94.0 Å². The molecule has 2 unspecified atom stereocenters. The molecule has 2 aromatic heterocycles. The highest BCUT2D eigenvalue weighted by molar-refractivity contribution is 7.86. The van der Waals surface area contributed by atoms with E-state index >= 15 is 0 Å². The van der Waals surface area contributed by atoms with Crippen LogP contribution in [0, 0.1) is 10.1 Å². The van der Waals surface area contributed by atoms with E-state index in [1.54, 1.807) is 4.68 Å². The van der Waals surface area contributed by atoms with Gasteiger partial charge in [-0.15, -0.1) is 5.10 Å². The molecule has 1 aliphatic rings. The van der Waals surface area contributed by atoms with Gasteiger partial charge in [-0.05, 0) is 56.8 Å². The van der Waals surface area contributed by atoms with Gasteiger partial charge in [0.15, 0.2) is 6.29 Å². The molecule has 1 aliphatic heterocycles. The van der Waals surface area contributed by atoms with E-state index in [0.29, 0.717) is 45.2 Å². The van der Waals surface area contributed by atoms with E-state index in [-0.39, 0.29) is 30.4 Å². The maximum Gasteiger partial charge on any atom is 0.434 e. The van der Waals surface area contributed by atoms with Gasteiger partial charge in [-0.2, -0.15) is 16.8 Å². The van der Waals surface area contributed by atoms with Gasteiger partial charge in [0.1, 0.15) is 25.0 Å². The monoisotopic (exact) mass is 667 g/mol. The van der Waals surface area contributed by atoms with Crippen LogP contribution in [0.25, 0.3) is 0 Å². The Bertz CT molecular complexity index is 1350. The number of imidazole rings is 1. The molecule has 0 radical (unpaired) electrons. The van der Waals surface area contributed by atoms with E-state index in [1.165, 1.54) is 17.0 Å². The largest absolute Gasteiger partial charge is 0.434 e. The molecule has 0 spiro atoms. The molecule has 252 valence electrons. The number of unbranched alkanes of at least 4 members (excludes halogenated alkanes) is 1. The molecule has 2 N–H and O–H groups in total. The van der Waals surface area contributed by atoms with Gasteiger partial charge in [-0.25, -0.2) is 4.57 Å². The molecule has 3 rings (SSSR count). The Hall–Kier alpha value is -2.55. The topological polar surface area (TPSA) is 220 Å². The summed E-state index contributed by atoms with van der Waals surface area (Å²) in [6, 6.07) is 0. The number of aryl methyl sites for hydroxylation is 1. The normalized spacial score (nSPS) is 16.7. The van der Waals surface area contributed by atoms with Gasteiger partial charge >= 0.3 is 5.95 Å². The molecular weight excluding hydrogens is 622 g/mol. The van der Waals surface area contributed by atoms with Crippen molar-refractivity contribution in [3.05, 3.63) is 34.4 Å². The fourth-order valence-corrected chi connectivity index (χ4v) is 5.16. The molecule has 17 nitrogen and oxygen atoms in total. The zero-order valence-electron chi connectivity index (χ0n) is 25.7. The molecule has 3 heterocycles. The molecule has 1 saturated heterocycles. The Morgan fingerprint density at radius 3 is 2.57 bits per heavy atom. The second-order valence-electron chi connectivity index (χ2n) is 10.8. The van der Waals surface area contributed by atoms with Gasteiger partial charge in [0.2, 0.25) is 0 Å². The van der Waals surface area contributed by atoms with Crippen LogP contribution < -0.4 is 5.32 Å². The number of nitro groups is 1. The summed E-state index contributed by atoms with van der Waals surface area (Å²) in [7, 11) is -7.50. The third-order valence-corrected chi connectivity index (χ3v) is 8.33. The lowest BCUT2D eigenvalue weighted by molar-refractivity contribution is -0.397. The second-order valence-corrected chi connectivity index (χ2v) is 14.0. The van der Waals surface area contributed by atoms with Crippen molar-refractivity contribution in [3.8, 4) is 0 Å². The van der Waals surface area contributed by atoms with Crippen molar-refractivity contribution in [1.29, 1.82) is 0 Å². The van der Waals surface area contributed by atoms with Gasteiger partial charge < -0.3 is 24.9 Å². The number of nitrogens with zero attached hydrogens (tertiary/aromatic N) is 6. The van der Waals surface area contributed by atoms with E-state index in [0.717, 1.165) is 31.4 Å². The summed E-state index contributed by atoms with van der Waals surface area (Å²) in [5.41, 5.74) is 0.893. The lowest BCUT2D eigenvalue weighted by atomic mass is 9.95. The minimum Gasteiger partial charge on any atom is -0.390 e.